The van der Waals surface area contributed by atoms with E-state index >= 15 is 0 Å². The molecule has 1 aliphatic rings. The first-order valence-electron chi connectivity index (χ1n) is 8.74. The van der Waals surface area contributed by atoms with E-state index in [1.165, 1.54) is 39.5 Å². The molecule has 0 spiro atoms. The molecule has 0 N–H and O–H groups in total. The molecule has 3 aromatic rings. The van der Waals surface area contributed by atoms with Crippen LogP contribution in [0.15, 0.2) is 34.3 Å². The summed E-state index contributed by atoms with van der Waals surface area (Å²) in [5, 5.41) is 0.799. The summed E-state index contributed by atoms with van der Waals surface area (Å²) in [7, 11) is 0. The maximum atomic E-state index is 13.5. The van der Waals surface area contributed by atoms with Crippen molar-refractivity contribution in [3.05, 3.63) is 40.4 Å². The Morgan fingerprint density at radius 1 is 1.18 bits per heavy atom. The monoisotopic (exact) mass is 409 g/mol. The number of pyridine rings is 1. The van der Waals surface area contributed by atoms with Gasteiger partial charge < -0.3 is 0 Å². The maximum Gasteiger partial charge on any atom is 0.399 e. The molecule has 148 valence electrons. The molecule has 0 atom stereocenters. The molecule has 0 aromatic carbocycles. The Morgan fingerprint density at radius 3 is 2.50 bits per heavy atom. The van der Waals surface area contributed by atoms with Crippen LogP contribution in [0.25, 0.3) is 16.9 Å². The molecule has 0 saturated heterocycles. The molecule has 3 aromatic heterocycles. The highest BCUT2D eigenvalue weighted by Gasteiger charge is 2.49. The number of nitrogens with zero attached hydrogens (tertiary/aromatic N) is 5. The van der Waals surface area contributed by atoms with Gasteiger partial charge in [-0.25, -0.2) is 24.3 Å². The van der Waals surface area contributed by atoms with Crippen LogP contribution in [0.4, 0.5) is 13.2 Å². The Kier molecular flexibility index (Phi) is 4.29. The van der Waals surface area contributed by atoms with Crippen molar-refractivity contribution in [1.82, 2.24) is 24.3 Å². The molecule has 0 amide bonds. The van der Waals surface area contributed by atoms with Crippen molar-refractivity contribution < 1.29 is 13.2 Å². The van der Waals surface area contributed by atoms with Crippen molar-refractivity contribution in [3.8, 4) is 5.82 Å². The van der Waals surface area contributed by atoms with E-state index in [0.29, 0.717) is 16.2 Å². The number of aromatic nitrogens is 5. The van der Waals surface area contributed by atoms with Gasteiger partial charge in [0.25, 0.3) is 5.56 Å². The van der Waals surface area contributed by atoms with Gasteiger partial charge in [0, 0.05) is 6.20 Å². The summed E-state index contributed by atoms with van der Waals surface area (Å²) >= 11 is 1.32. The third-order valence-electron chi connectivity index (χ3n) is 4.98. The maximum absolute atomic E-state index is 13.5. The zero-order valence-corrected chi connectivity index (χ0v) is 16.3. The number of halogens is 3. The number of hydrogen-bond donors (Lipinski definition) is 0. The van der Waals surface area contributed by atoms with Gasteiger partial charge in [0.05, 0.1) is 11.7 Å². The Labute approximate surface area is 162 Å². The number of thioether (sulfide) groups is 1. The van der Waals surface area contributed by atoms with E-state index in [4.69, 9.17) is 0 Å². The van der Waals surface area contributed by atoms with Crippen LogP contribution in [0.3, 0.4) is 0 Å². The average molecular weight is 409 g/mol. The molecule has 4 rings (SSSR count). The van der Waals surface area contributed by atoms with Gasteiger partial charge >= 0.3 is 6.18 Å². The molecule has 1 saturated carbocycles. The van der Waals surface area contributed by atoms with Gasteiger partial charge in [-0.05, 0) is 45.1 Å². The van der Waals surface area contributed by atoms with Gasteiger partial charge in [-0.1, -0.05) is 17.8 Å². The van der Waals surface area contributed by atoms with Gasteiger partial charge in [-0.15, -0.1) is 0 Å². The summed E-state index contributed by atoms with van der Waals surface area (Å²) in [4.78, 5) is 25.8. The minimum Gasteiger partial charge on any atom is -0.267 e. The molecule has 0 radical (unpaired) electrons. The van der Waals surface area contributed by atoms with Crippen LogP contribution in [-0.4, -0.2) is 36.7 Å². The van der Waals surface area contributed by atoms with Crippen LogP contribution >= 0.6 is 11.8 Å². The Morgan fingerprint density at radius 2 is 1.89 bits per heavy atom. The van der Waals surface area contributed by atoms with Crippen molar-refractivity contribution in [3.63, 3.8) is 0 Å². The normalized spacial score (nSPS) is 15.4. The largest absolute Gasteiger partial charge is 0.399 e. The molecule has 0 bridgehead atoms. The average Bonchev–Trinajstić information content (AvgIpc) is 3.45. The summed E-state index contributed by atoms with van der Waals surface area (Å²) in [6.07, 6.45) is 0.475. The van der Waals surface area contributed by atoms with Crippen molar-refractivity contribution in [1.29, 1.82) is 0 Å². The van der Waals surface area contributed by atoms with Crippen LogP contribution in [0.1, 0.15) is 38.4 Å². The number of alkyl halides is 3. The van der Waals surface area contributed by atoms with Crippen molar-refractivity contribution in [2.45, 2.75) is 49.5 Å². The fourth-order valence-corrected chi connectivity index (χ4v) is 3.32. The summed E-state index contributed by atoms with van der Waals surface area (Å²) < 4.78 is 43.6. The second-order valence-corrected chi connectivity index (χ2v) is 8.06. The van der Waals surface area contributed by atoms with Crippen LogP contribution in [-0.2, 0) is 5.41 Å². The Bertz CT molecular complexity index is 1110. The molecule has 6 nitrogen and oxygen atoms in total. The van der Waals surface area contributed by atoms with E-state index in [0.717, 1.165) is 26.7 Å². The lowest BCUT2D eigenvalue weighted by Gasteiger charge is -2.27. The van der Waals surface area contributed by atoms with E-state index in [9.17, 15) is 18.0 Å². The Hall–Kier alpha value is -2.36. The van der Waals surface area contributed by atoms with Crippen molar-refractivity contribution in [2.24, 2.45) is 0 Å². The highest BCUT2D eigenvalue weighted by molar-refractivity contribution is 7.98. The quantitative estimate of drug-likeness (QED) is 0.483. The highest BCUT2D eigenvalue weighted by Crippen LogP contribution is 2.40. The smallest absolute Gasteiger partial charge is 0.267 e. The first kappa shape index (κ1) is 19.0. The van der Waals surface area contributed by atoms with E-state index in [-0.39, 0.29) is 23.1 Å². The van der Waals surface area contributed by atoms with E-state index in [2.05, 4.69) is 15.0 Å². The van der Waals surface area contributed by atoms with Gasteiger partial charge in [0.1, 0.15) is 10.8 Å². The van der Waals surface area contributed by atoms with E-state index in [1.807, 2.05) is 6.26 Å². The van der Waals surface area contributed by atoms with Crippen molar-refractivity contribution in [2.75, 3.05) is 6.26 Å². The summed E-state index contributed by atoms with van der Waals surface area (Å²) in [6.45, 7) is 2.18. The fourth-order valence-electron chi connectivity index (χ4n) is 2.99. The highest BCUT2D eigenvalue weighted by atomic mass is 32.2. The van der Waals surface area contributed by atoms with Gasteiger partial charge in [-0.2, -0.15) is 13.2 Å². The molecule has 28 heavy (non-hydrogen) atoms. The molecular weight excluding hydrogens is 391 g/mol. The fraction of sp³-hybridized carbons (Fsp3) is 0.444. The number of hydrogen-bond acceptors (Lipinski definition) is 5. The second kappa shape index (κ2) is 6.33. The number of fused-ring (bicyclic) bond motifs is 1. The number of rotatable bonds is 4. The lowest BCUT2D eigenvalue weighted by molar-refractivity contribution is -0.181. The molecule has 1 aliphatic carbocycles. The minimum atomic E-state index is -4.46. The lowest BCUT2D eigenvalue weighted by atomic mass is 9.88. The van der Waals surface area contributed by atoms with Crippen LogP contribution in [0.5, 0.6) is 0 Å². The summed E-state index contributed by atoms with van der Waals surface area (Å²) in [6, 6.07) is 4.45. The van der Waals surface area contributed by atoms with Crippen molar-refractivity contribution >= 4 is 22.8 Å². The third-order valence-corrected chi connectivity index (χ3v) is 5.54. The van der Waals surface area contributed by atoms with Crippen LogP contribution in [0.2, 0.25) is 0 Å². The zero-order chi connectivity index (χ0) is 20.3. The molecule has 1 fully saturated rings. The van der Waals surface area contributed by atoms with E-state index in [1.54, 1.807) is 6.07 Å². The minimum absolute atomic E-state index is 0.0134. The molecule has 0 aliphatic heterocycles. The van der Waals surface area contributed by atoms with E-state index < -0.39 is 11.6 Å². The zero-order valence-electron chi connectivity index (χ0n) is 15.5. The first-order chi connectivity index (χ1) is 13.1. The van der Waals surface area contributed by atoms with Gasteiger partial charge in [0.2, 0.25) is 0 Å². The summed E-state index contributed by atoms with van der Waals surface area (Å²) in [5.74, 6) is 0.236. The Balaban J connectivity index is 1.98. The predicted molar refractivity (Wildman–Crippen MR) is 100 cm³/mol. The van der Waals surface area contributed by atoms with Crippen LogP contribution < -0.4 is 5.56 Å². The first-order valence-corrected chi connectivity index (χ1v) is 9.96. The molecule has 0 unspecified atom stereocenters. The van der Waals surface area contributed by atoms with Gasteiger partial charge in [0.15, 0.2) is 16.6 Å². The van der Waals surface area contributed by atoms with Crippen LogP contribution in [0, 0.1) is 0 Å². The topological polar surface area (TPSA) is 65.6 Å². The SMILES string of the molecule is CSc1ncc2c(=O)n(C3CC3)n(-c3cccc(C(C)(C)C(F)(F)F)n3)c2n1. The predicted octanol–water partition coefficient (Wildman–Crippen LogP) is 3.87. The third kappa shape index (κ3) is 2.90. The second-order valence-electron chi connectivity index (χ2n) is 7.29. The molecule has 3 heterocycles. The molecule has 10 heteroatoms. The summed E-state index contributed by atoms with van der Waals surface area (Å²) in [5.41, 5.74) is -2.15. The lowest BCUT2D eigenvalue weighted by Crippen LogP contribution is -2.37. The standard InChI is InChI=1S/C18H18F3N5OS/c1-17(2,18(19,20)21)12-5-4-6-13(23-12)26-14-11(9-22-16(24-14)28-3)15(27)25(26)10-7-8-10/h4-6,9-10H,7-8H2,1-3H3. The molecular formula is C18H18F3N5OS. The van der Waals surface area contributed by atoms with Gasteiger partial charge in [-0.3, -0.25) is 4.79 Å².